The number of aromatic nitrogens is 1. The molecule has 11 heteroatoms. The Labute approximate surface area is 260 Å². The van der Waals surface area contributed by atoms with Gasteiger partial charge in [0, 0.05) is 61.0 Å². The fourth-order valence-corrected chi connectivity index (χ4v) is 6.37. The number of thiophene rings is 1. The largest absolute Gasteiger partial charge is 0.497 e. The summed E-state index contributed by atoms with van der Waals surface area (Å²) in [4.78, 5) is 29.4. The molecule has 0 aliphatic carbocycles. The van der Waals surface area contributed by atoms with Crippen molar-refractivity contribution >= 4 is 39.1 Å². The maximum atomic E-state index is 13.7. The number of aliphatic hydroxyl groups is 1. The second-order valence-corrected chi connectivity index (χ2v) is 11.9. The van der Waals surface area contributed by atoms with Gasteiger partial charge in [-0.15, -0.1) is 11.3 Å². The van der Waals surface area contributed by atoms with Crippen LogP contribution in [0.25, 0.3) is 10.2 Å². The molecule has 2 heterocycles. The van der Waals surface area contributed by atoms with E-state index in [1.165, 1.54) is 11.3 Å². The lowest BCUT2D eigenvalue weighted by molar-refractivity contribution is -0.120. The number of hydrogen-bond donors (Lipinski definition) is 2. The number of hydrogen-bond acceptors (Lipinski definition) is 8. The fourth-order valence-electron chi connectivity index (χ4n) is 4.85. The van der Waals surface area contributed by atoms with Gasteiger partial charge in [-0.3, -0.25) is 14.5 Å². The molecule has 2 N–H and O–H groups in total. The smallest absolute Gasteiger partial charge is 0.224 e. The van der Waals surface area contributed by atoms with Crippen molar-refractivity contribution in [2.24, 2.45) is 7.05 Å². The van der Waals surface area contributed by atoms with Gasteiger partial charge in [-0.05, 0) is 42.4 Å². The van der Waals surface area contributed by atoms with E-state index in [-0.39, 0.29) is 17.8 Å². The molecule has 4 rings (SSSR count). The number of aryl methyl sites for hydroxylation is 1. The van der Waals surface area contributed by atoms with E-state index in [0.717, 1.165) is 27.1 Å². The van der Waals surface area contributed by atoms with Gasteiger partial charge in [-0.2, -0.15) is 0 Å². The minimum atomic E-state index is -0.722. The van der Waals surface area contributed by atoms with Gasteiger partial charge in [0.05, 0.1) is 49.7 Å². The normalized spacial score (nSPS) is 12.2. The van der Waals surface area contributed by atoms with E-state index >= 15 is 0 Å². The zero-order chi connectivity index (χ0) is 30.9. The number of nitrogens with one attached hydrogen (secondary N) is 1. The molecule has 0 saturated heterocycles. The van der Waals surface area contributed by atoms with Crippen LogP contribution in [0.3, 0.4) is 0 Å². The number of halogens is 1. The van der Waals surface area contributed by atoms with Crippen LogP contribution in [0.2, 0.25) is 5.02 Å². The Morgan fingerprint density at radius 3 is 2.65 bits per heavy atom. The van der Waals surface area contributed by atoms with Gasteiger partial charge in [0.15, 0.2) is 0 Å². The highest BCUT2D eigenvalue weighted by atomic mass is 35.5. The van der Waals surface area contributed by atoms with Crippen LogP contribution in [-0.2, 0) is 47.4 Å². The molecular formula is C32H38ClN3O6S. The van der Waals surface area contributed by atoms with E-state index in [1.807, 2.05) is 60.0 Å². The average molecular weight is 628 g/mol. The molecular weight excluding hydrogens is 590 g/mol. The summed E-state index contributed by atoms with van der Waals surface area (Å²) < 4.78 is 18.8. The Balaban J connectivity index is 1.55. The Kier molecular flexibility index (Phi) is 11.7. The van der Waals surface area contributed by atoms with E-state index in [2.05, 4.69) is 5.32 Å². The highest BCUT2D eigenvalue weighted by Gasteiger charge is 2.22. The Bertz CT molecular complexity index is 1590. The summed E-state index contributed by atoms with van der Waals surface area (Å²) in [5.41, 5.74) is 3.64. The van der Waals surface area contributed by atoms with Crippen LogP contribution in [0, 0.1) is 0 Å². The predicted molar refractivity (Wildman–Crippen MR) is 170 cm³/mol. The summed E-state index contributed by atoms with van der Waals surface area (Å²) in [5.74, 6) is 0.446. The first-order valence-corrected chi connectivity index (χ1v) is 15.1. The molecule has 9 nitrogen and oxygen atoms in total. The number of aliphatic hydroxyl groups excluding tert-OH is 1. The monoisotopic (exact) mass is 627 g/mol. The number of likely N-dealkylation sites (N-methyl/N-ethyl adjacent to an activating group) is 1. The number of rotatable bonds is 15. The molecule has 0 fully saturated rings. The van der Waals surface area contributed by atoms with Crippen molar-refractivity contribution in [2.75, 3.05) is 41.0 Å². The molecule has 43 heavy (non-hydrogen) atoms. The maximum absolute atomic E-state index is 13.7. The molecule has 4 aromatic rings. The summed E-state index contributed by atoms with van der Waals surface area (Å²) in [6.45, 7) is 2.40. The minimum absolute atomic E-state index is 0.0320. The van der Waals surface area contributed by atoms with Crippen LogP contribution >= 0.6 is 22.9 Å². The fraction of sp³-hybridized carbons (Fsp3) is 0.375. The van der Waals surface area contributed by atoms with Crippen LogP contribution < -0.4 is 15.5 Å². The lowest BCUT2D eigenvalue weighted by atomic mass is 10.1. The van der Waals surface area contributed by atoms with Gasteiger partial charge >= 0.3 is 0 Å². The van der Waals surface area contributed by atoms with E-state index in [9.17, 15) is 14.7 Å². The van der Waals surface area contributed by atoms with Gasteiger partial charge < -0.3 is 29.2 Å². The molecule has 230 valence electrons. The average Bonchev–Trinajstić information content (AvgIpc) is 3.36. The van der Waals surface area contributed by atoms with Gasteiger partial charge in [0.25, 0.3) is 0 Å². The van der Waals surface area contributed by atoms with Crippen LogP contribution in [-0.4, -0.2) is 61.5 Å². The zero-order valence-corrected chi connectivity index (χ0v) is 26.5. The number of fused-ring (bicyclic) bond motifs is 1. The van der Waals surface area contributed by atoms with Gasteiger partial charge in [0.1, 0.15) is 5.75 Å². The Hall–Kier alpha value is -3.25. The minimum Gasteiger partial charge on any atom is -0.497 e. The summed E-state index contributed by atoms with van der Waals surface area (Å²) in [7, 11) is 7.02. The van der Waals surface area contributed by atoms with E-state index in [1.54, 1.807) is 32.5 Å². The van der Waals surface area contributed by atoms with Gasteiger partial charge in [0.2, 0.25) is 11.3 Å². The number of pyridine rings is 1. The first kappa shape index (κ1) is 32.7. The number of carbonyl (C=O) groups excluding carboxylic acids is 1. The van der Waals surface area contributed by atoms with E-state index in [0.29, 0.717) is 60.5 Å². The topological polar surface area (TPSA) is 102 Å². The second kappa shape index (κ2) is 15.5. The summed E-state index contributed by atoms with van der Waals surface area (Å²) >= 11 is 7.35. The van der Waals surface area contributed by atoms with Crippen molar-refractivity contribution in [3.63, 3.8) is 0 Å². The summed E-state index contributed by atoms with van der Waals surface area (Å²) in [5, 5.41) is 14.4. The van der Waals surface area contributed by atoms with E-state index < -0.39 is 6.10 Å². The molecule has 2 aromatic carbocycles. The van der Waals surface area contributed by atoms with Crippen molar-refractivity contribution in [1.82, 2.24) is 14.8 Å². The quantitative estimate of drug-likeness (QED) is 0.188. The van der Waals surface area contributed by atoms with Crippen LogP contribution in [0.1, 0.15) is 33.2 Å². The summed E-state index contributed by atoms with van der Waals surface area (Å²) in [6, 6.07) is 14.6. The molecule has 0 radical (unpaired) electrons. The lowest BCUT2D eigenvalue weighted by Crippen LogP contribution is -2.27. The molecule has 0 aliphatic heterocycles. The SMILES string of the molecule is COCCOCc1c(CN(C)CC(O)c2cccc(OC)c2)sc2c(=O)c(CC(=O)NCc3ccc(Cl)cc3)cn(C)c12. The van der Waals surface area contributed by atoms with Crippen molar-refractivity contribution in [3.05, 3.63) is 97.1 Å². The molecule has 0 spiro atoms. The molecule has 1 amide bonds. The van der Waals surface area contributed by atoms with Crippen LogP contribution in [0.4, 0.5) is 0 Å². The first-order chi connectivity index (χ1) is 20.7. The van der Waals surface area contributed by atoms with Crippen LogP contribution in [0.15, 0.2) is 59.5 Å². The van der Waals surface area contributed by atoms with Crippen molar-refractivity contribution in [3.8, 4) is 5.75 Å². The molecule has 0 aliphatic rings. The Morgan fingerprint density at radius 1 is 1.16 bits per heavy atom. The number of carbonyl (C=O) groups is 1. The standard InChI is InChI=1S/C32H38ClN3O6S/c1-35(18-27(37)22-6-5-7-25(14-22)41-4)19-28-26(20-42-13-12-40-3)30-32(43-28)31(39)23(17-36(30)2)15-29(38)34-16-21-8-10-24(33)11-9-21/h5-11,14,17,27,37H,12-13,15-16,18-20H2,1-4H3,(H,34,38). The van der Waals surface area contributed by atoms with Gasteiger partial charge in [-0.1, -0.05) is 35.9 Å². The Morgan fingerprint density at radius 2 is 1.93 bits per heavy atom. The number of amides is 1. The maximum Gasteiger partial charge on any atom is 0.224 e. The third kappa shape index (κ3) is 8.66. The van der Waals surface area contributed by atoms with Crippen molar-refractivity contribution in [2.45, 2.75) is 32.2 Å². The number of benzene rings is 2. The highest BCUT2D eigenvalue weighted by molar-refractivity contribution is 7.19. The molecule has 1 atom stereocenters. The zero-order valence-electron chi connectivity index (χ0n) is 24.9. The second-order valence-electron chi connectivity index (χ2n) is 10.4. The lowest BCUT2D eigenvalue weighted by Gasteiger charge is -2.21. The number of methoxy groups -OCH3 is 2. The van der Waals surface area contributed by atoms with Crippen molar-refractivity contribution < 1.29 is 24.1 Å². The van der Waals surface area contributed by atoms with Crippen LogP contribution in [0.5, 0.6) is 5.75 Å². The predicted octanol–water partition coefficient (Wildman–Crippen LogP) is 4.45. The third-order valence-electron chi connectivity index (χ3n) is 7.07. The van der Waals surface area contributed by atoms with Crippen molar-refractivity contribution in [1.29, 1.82) is 0 Å². The third-order valence-corrected chi connectivity index (χ3v) is 8.53. The number of ether oxygens (including phenoxy) is 3. The molecule has 1 unspecified atom stereocenters. The highest BCUT2D eigenvalue weighted by Crippen LogP contribution is 2.32. The molecule has 0 bridgehead atoms. The van der Waals surface area contributed by atoms with E-state index in [4.69, 9.17) is 25.8 Å². The molecule has 2 aromatic heterocycles. The summed E-state index contributed by atoms with van der Waals surface area (Å²) in [6.07, 6.45) is 0.980. The van der Waals surface area contributed by atoms with Gasteiger partial charge in [-0.25, -0.2) is 0 Å². The first-order valence-electron chi connectivity index (χ1n) is 13.9. The number of nitrogens with zero attached hydrogens (tertiary/aromatic N) is 2. The molecule has 0 saturated carbocycles.